The minimum Gasteiger partial charge on any atom is -0.496 e. The molecule has 1 fully saturated rings. The first-order valence-electron chi connectivity index (χ1n) is 6.13. The Hall–Kier alpha value is -2.28. The molecule has 110 valence electrons. The molecule has 1 aromatic rings. The number of carboxylic acids is 1. The van der Waals surface area contributed by atoms with Gasteiger partial charge in [-0.1, -0.05) is 18.2 Å². The summed E-state index contributed by atoms with van der Waals surface area (Å²) in [5.74, 6) is -0.935. The van der Waals surface area contributed by atoms with Crippen molar-refractivity contribution in [1.82, 2.24) is 4.90 Å². The second-order valence-corrected chi connectivity index (χ2v) is 5.21. The zero-order valence-electron chi connectivity index (χ0n) is 11.2. The number of thioether (sulfide) groups is 1. The van der Waals surface area contributed by atoms with Gasteiger partial charge in [0.05, 0.1) is 18.4 Å². The average molecular weight is 307 g/mol. The maximum atomic E-state index is 12.1. The standard InChI is InChI=1S/C14H13NO5S/c1-20-10-5-3-2-4-9(10)8-11-13(18)15(14(19)21-11)7-6-12(16)17/h2-5,8H,6-7H2,1H3,(H,16,17)/b11-8-. The van der Waals surface area contributed by atoms with Gasteiger partial charge in [-0.3, -0.25) is 19.3 Å². The zero-order chi connectivity index (χ0) is 15.4. The monoisotopic (exact) mass is 307 g/mol. The van der Waals surface area contributed by atoms with Gasteiger partial charge < -0.3 is 9.84 Å². The molecule has 1 aliphatic rings. The number of rotatable bonds is 5. The van der Waals surface area contributed by atoms with Crippen molar-refractivity contribution in [3.8, 4) is 5.75 Å². The summed E-state index contributed by atoms with van der Waals surface area (Å²) >= 11 is 0.798. The van der Waals surface area contributed by atoms with Gasteiger partial charge in [0.15, 0.2) is 0 Å². The highest BCUT2D eigenvalue weighted by molar-refractivity contribution is 8.18. The molecule has 1 aliphatic heterocycles. The molecule has 1 aromatic carbocycles. The van der Waals surface area contributed by atoms with Crippen LogP contribution in [-0.4, -0.2) is 40.8 Å². The lowest BCUT2D eigenvalue weighted by Crippen LogP contribution is -2.30. The number of para-hydroxylation sites is 1. The lowest BCUT2D eigenvalue weighted by Gasteiger charge is -2.10. The molecule has 6 nitrogen and oxygen atoms in total. The Morgan fingerprint density at radius 2 is 2.10 bits per heavy atom. The highest BCUT2D eigenvalue weighted by Crippen LogP contribution is 2.33. The van der Waals surface area contributed by atoms with Crippen molar-refractivity contribution in [1.29, 1.82) is 0 Å². The topological polar surface area (TPSA) is 83.9 Å². The fourth-order valence-electron chi connectivity index (χ4n) is 1.83. The molecule has 0 unspecified atom stereocenters. The predicted molar refractivity (Wildman–Crippen MR) is 77.9 cm³/mol. The largest absolute Gasteiger partial charge is 0.496 e. The van der Waals surface area contributed by atoms with Crippen molar-refractivity contribution in [3.05, 3.63) is 34.7 Å². The van der Waals surface area contributed by atoms with Crippen molar-refractivity contribution < 1.29 is 24.2 Å². The third-order valence-electron chi connectivity index (χ3n) is 2.85. The predicted octanol–water partition coefficient (Wildman–Crippen LogP) is 2.21. The van der Waals surface area contributed by atoms with Gasteiger partial charge in [0, 0.05) is 12.1 Å². The van der Waals surface area contributed by atoms with E-state index in [9.17, 15) is 14.4 Å². The van der Waals surface area contributed by atoms with Crippen LogP contribution in [0.25, 0.3) is 6.08 Å². The number of benzene rings is 1. The van der Waals surface area contributed by atoms with E-state index >= 15 is 0 Å². The molecule has 0 spiro atoms. The molecule has 0 saturated carbocycles. The lowest BCUT2D eigenvalue weighted by molar-refractivity contribution is -0.137. The van der Waals surface area contributed by atoms with E-state index in [4.69, 9.17) is 9.84 Å². The number of carbonyl (C=O) groups is 3. The molecular formula is C14H13NO5S. The summed E-state index contributed by atoms with van der Waals surface area (Å²) in [5.41, 5.74) is 0.684. The van der Waals surface area contributed by atoms with Gasteiger partial charge in [-0.2, -0.15) is 0 Å². The molecule has 7 heteroatoms. The highest BCUT2D eigenvalue weighted by Gasteiger charge is 2.35. The summed E-state index contributed by atoms with van der Waals surface area (Å²) in [6.07, 6.45) is 1.31. The number of hydrogen-bond donors (Lipinski definition) is 1. The van der Waals surface area contributed by atoms with Gasteiger partial charge >= 0.3 is 5.97 Å². The number of ether oxygens (including phenoxy) is 1. The summed E-state index contributed by atoms with van der Waals surface area (Å²) in [6, 6.07) is 7.11. The summed E-state index contributed by atoms with van der Waals surface area (Å²) in [4.78, 5) is 35.6. The second-order valence-electron chi connectivity index (χ2n) is 4.22. The molecule has 0 bridgehead atoms. The minimum atomic E-state index is -1.05. The third kappa shape index (κ3) is 3.43. The van der Waals surface area contributed by atoms with E-state index in [-0.39, 0.29) is 17.9 Å². The van der Waals surface area contributed by atoms with Gasteiger partial charge in [0.1, 0.15) is 5.75 Å². The van der Waals surface area contributed by atoms with E-state index in [1.807, 2.05) is 0 Å². The molecule has 1 saturated heterocycles. The van der Waals surface area contributed by atoms with E-state index in [1.54, 1.807) is 30.3 Å². The van der Waals surface area contributed by atoms with E-state index in [1.165, 1.54) is 7.11 Å². The number of carbonyl (C=O) groups excluding carboxylic acids is 2. The lowest BCUT2D eigenvalue weighted by atomic mass is 10.2. The van der Waals surface area contributed by atoms with Gasteiger partial charge in [0.2, 0.25) is 0 Å². The summed E-state index contributed by atoms with van der Waals surface area (Å²) in [5, 5.41) is 8.17. The van der Waals surface area contributed by atoms with E-state index in [0.29, 0.717) is 11.3 Å². The number of imide groups is 1. The van der Waals surface area contributed by atoms with Crippen molar-refractivity contribution in [2.75, 3.05) is 13.7 Å². The summed E-state index contributed by atoms with van der Waals surface area (Å²) in [6.45, 7) is -0.122. The van der Waals surface area contributed by atoms with E-state index in [0.717, 1.165) is 16.7 Å². The van der Waals surface area contributed by atoms with Gasteiger partial charge in [-0.15, -0.1) is 0 Å². The molecular weight excluding hydrogens is 294 g/mol. The Balaban J connectivity index is 2.22. The highest BCUT2D eigenvalue weighted by atomic mass is 32.2. The van der Waals surface area contributed by atoms with Crippen molar-refractivity contribution in [3.63, 3.8) is 0 Å². The molecule has 21 heavy (non-hydrogen) atoms. The first kappa shape index (κ1) is 15.1. The smallest absolute Gasteiger partial charge is 0.305 e. The van der Waals surface area contributed by atoms with Crippen molar-refractivity contribution in [2.45, 2.75) is 6.42 Å². The van der Waals surface area contributed by atoms with Gasteiger partial charge in [0.25, 0.3) is 11.1 Å². The fourth-order valence-corrected chi connectivity index (χ4v) is 2.68. The Labute approximate surface area is 125 Å². The van der Waals surface area contributed by atoms with Crippen LogP contribution < -0.4 is 4.74 Å². The van der Waals surface area contributed by atoms with Crippen LogP contribution >= 0.6 is 11.8 Å². The average Bonchev–Trinajstić information content (AvgIpc) is 2.72. The Bertz CT molecular complexity index is 626. The zero-order valence-corrected chi connectivity index (χ0v) is 12.1. The number of carboxylic acid groups (broad SMARTS) is 1. The summed E-state index contributed by atoms with van der Waals surface area (Å²) in [7, 11) is 1.52. The summed E-state index contributed by atoms with van der Waals surface area (Å²) < 4.78 is 5.18. The molecule has 0 radical (unpaired) electrons. The quantitative estimate of drug-likeness (QED) is 0.840. The molecule has 2 rings (SSSR count). The Morgan fingerprint density at radius 3 is 2.76 bits per heavy atom. The number of hydrogen-bond acceptors (Lipinski definition) is 5. The first-order chi connectivity index (χ1) is 10.0. The van der Waals surface area contributed by atoms with E-state index in [2.05, 4.69) is 0 Å². The normalized spacial score (nSPS) is 16.6. The van der Waals surface area contributed by atoms with Crippen LogP contribution in [0.3, 0.4) is 0 Å². The number of amides is 2. The van der Waals surface area contributed by atoms with Crippen LogP contribution in [0.2, 0.25) is 0 Å². The van der Waals surface area contributed by atoms with Crippen molar-refractivity contribution >= 4 is 35.0 Å². The second kappa shape index (κ2) is 6.45. The maximum Gasteiger partial charge on any atom is 0.305 e. The SMILES string of the molecule is COc1ccccc1/C=C1\SC(=O)N(CCC(=O)O)C1=O. The van der Waals surface area contributed by atoms with E-state index < -0.39 is 17.1 Å². The minimum absolute atomic E-state index is 0.122. The third-order valence-corrected chi connectivity index (χ3v) is 3.76. The molecule has 2 amide bonds. The Morgan fingerprint density at radius 1 is 1.38 bits per heavy atom. The number of nitrogens with zero attached hydrogens (tertiary/aromatic N) is 1. The van der Waals surface area contributed by atoms with Crippen molar-refractivity contribution in [2.24, 2.45) is 0 Å². The number of aliphatic carboxylic acids is 1. The number of methoxy groups -OCH3 is 1. The Kier molecular flexibility index (Phi) is 4.64. The van der Waals surface area contributed by atoms with Crippen LogP contribution in [0, 0.1) is 0 Å². The molecule has 1 N–H and O–H groups in total. The molecule has 0 aromatic heterocycles. The van der Waals surface area contributed by atoms with Crippen LogP contribution in [-0.2, 0) is 9.59 Å². The van der Waals surface area contributed by atoms with Gasteiger partial charge in [-0.05, 0) is 23.9 Å². The van der Waals surface area contributed by atoms with Crippen LogP contribution in [0.5, 0.6) is 5.75 Å². The molecule has 1 heterocycles. The maximum absolute atomic E-state index is 12.1. The molecule has 0 atom stereocenters. The van der Waals surface area contributed by atoms with Crippen LogP contribution in [0.4, 0.5) is 4.79 Å². The van der Waals surface area contributed by atoms with Crippen LogP contribution in [0.15, 0.2) is 29.2 Å². The van der Waals surface area contributed by atoms with Crippen LogP contribution in [0.1, 0.15) is 12.0 Å². The molecule has 0 aliphatic carbocycles. The first-order valence-corrected chi connectivity index (χ1v) is 6.94. The van der Waals surface area contributed by atoms with Gasteiger partial charge in [-0.25, -0.2) is 0 Å². The fraction of sp³-hybridized carbons (Fsp3) is 0.214.